The third-order valence-corrected chi connectivity index (χ3v) is 5.13. The van der Waals surface area contributed by atoms with E-state index in [2.05, 4.69) is 5.32 Å². The lowest BCUT2D eigenvalue weighted by atomic mass is 10.0. The number of hydrogen-bond acceptors (Lipinski definition) is 5. The second-order valence-electron chi connectivity index (χ2n) is 6.00. The van der Waals surface area contributed by atoms with Crippen LogP contribution in [0.5, 0.6) is 5.75 Å². The van der Waals surface area contributed by atoms with E-state index in [-0.39, 0.29) is 12.5 Å². The summed E-state index contributed by atoms with van der Waals surface area (Å²) in [5.74, 6) is -0.293. The molecule has 0 unspecified atom stereocenters. The van der Waals surface area contributed by atoms with Gasteiger partial charge in [-0.1, -0.05) is 41.4 Å². The quantitative estimate of drug-likeness (QED) is 0.563. The number of hydrogen-bond donors (Lipinski definition) is 1. The van der Waals surface area contributed by atoms with Gasteiger partial charge in [-0.2, -0.15) is 0 Å². The van der Waals surface area contributed by atoms with Gasteiger partial charge in [-0.25, -0.2) is 4.79 Å². The molecule has 5 nitrogen and oxygen atoms in total. The highest BCUT2D eigenvalue weighted by Crippen LogP contribution is 2.36. The summed E-state index contributed by atoms with van der Waals surface area (Å²) >= 11 is 7.19. The minimum absolute atomic E-state index is 0.169. The van der Waals surface area contributed by atoms with Crippen molar-refractivity contribution in [1.29, 1.82) is 0 Å². The number of nitrogens with one attached hydrogen (secondary N) is 1. The van der Waals surface area contributed by atoms with Gasteiger partial charge in [0.15, 0.2) is 6.61 Å². The monoisotopic (exact) mass is 415 g/mol. The van der Waals surface area contributed by atoms with Crippen LogP contribution >= 0.6 is 22.9 Å². The number of carbonyl (C=O) groups excluding carboxylic acids is 2. The normalized spacial score (nSPS) is 10.4. The van der Waals surface area contributed by atoms with Crippen LogP contribution in [0.25, 0.3) is 11.1 Å². The van der Waals surface area contributed by atoms with Crippen molar-refractivity contribution in [1.82, 2.24) is 0 Å². The first-order valence-corrected chi connectivity index (χ1v) is 9.68. The van der Waals surface area contributed by atoms with Crippen LogP contribution in [-0.4, -0.2) is 25.6 Å². The first-order valence-electron chi connectivity index (χ1n) is 8.43. The maximum Gasteiger partial charge on any atom is 0.341 e. The molecule has 3 aromatic rings. The summed E-state index contributed by atoms with van der Waals surface area (Å²) in [6, 6.07) is 14.5. The van der Waals surface area contributed by atoms with Gasteiger partial charge in [0.25, 0.3) is 5.91 Å². The highest BCUT2D eigenvalue weighted by Gasteiger charge is 2.22. The Bertz CT molecular complexity index is 981. The molecule has 2 aromatic carbocycles. The van der Waals surface area contributed by atoms with E-state index in [1.165, 1.54) is 18.4 Å². The smallest absolute Gasteiger partial charge is 0.341 e. The number of carbonyl (C=O) groups is 2. The molecule has 0 saturated carbocycles. The Morgan fingerprint density at radius 1 is 1.07 bits per heavy atom. The molecule has 1 N–H and O–H groups in total. The minimum Gasteiger partial charge on any atom is -0.484 e. The minimum atomic E-state index is -0.527. The molecule has 0 aliphatic rings. The molecule has 0 aliphatic heterocycles. The van der Waals surface area contributed by atoms with E-state index in [9.17, 15) is 9.59 Å². The molecule has 0 saturated heterocycles. The first-order chi connectivity index (χ1) is 13.5. The second kappa shape index (κ2) is 8.91. The fraction of sp³-hybridized carbons (Fsp3) is 0.143. The highest BCUT2D eigenvalue weighted by atomic mass is 35.5. The van der Waals surface area contributed by atoms with Crippen LogP contribution in [-0.2, 0) is 9.53 Å². The molecule has 1 heterocycles. The Labute approximate surface area is 171 Å². The SMILES string of the molecule is COC(=O)c1c(-c2ccc(Cl)cc2)csc1NC(=O)COc1ccc(C)cc1. The van der Waals surface area contributed by atoms with Gasteiger partial charge in [-0.05, 0) is 36.8 Å². The van der Waals surface area contributed by atoms with Crippen LogP contribution < -0.4 is 10.1 Å². The number of aryl methyl sites for hydroxylation is 1. The lowest BCUT2D eigenvalue weighted by molar-refractivity contribution is -0.118. The average Bonchev–Trinajstić information content (AvgIpc) is 3.11. The molecule has 3 rings (SSSR count). The molecular weight excluding hydrogens is 398 g/mol. The van der Waals surface area contributed by atoms with Crippen molar-refractivity contribution in [3.05, 3.63) is 70.1 Å². The van der Waals surface area contributed by atoms with Crippen molar-refractivity contribution in [2.24, 2.45) is 0 Å². The van der Waals surface area contributed by atoms with E-state index in [0.29, 0.717) is 26.9 Å². The third kappa shape index (κ3) is 4.71. The van der Waals surface area contributed by atoms with Gasteiger partial charge in [0.05, 0.1) is 7.11 Å². The summed E-state index contributed by atoms with van der Waals surface area (Å²) in [7, 11) is 1.30. The summed E-state index contributed by atoms with van der Waals surface area (Å²) < 4.78 is 10.4. The lowest BCUT2D eigenvalue weighted by Crippen LogP contribution is -2.21. The summed E-state index contributed by atoms with van der Waals surface area (Å²) in [4.78, 5) is 24.6. The van der Waals surface area contributed by atoms with E-state index in [1.807, 2.05) is 31.2 Å². The van der Waals surface area contributed by atoms with Crippen LogP contribution in [0, 0.1) is 6.92 Å². The maximum atomic E-state index is 12.3. The van der Waals surface area contributed by atoms with Gasteiger partial charge in [0, 0.05) is 16.0 Å². The summed E-state index contributed by atoms with van der Waals surface area (Å²) in [5, 5.41) is 5.54. The van der Waals surface area contributed by atoms with Crippen molar-refractivity contribution in [2.75, 3.05) is 19.0 Å². The largest absolute Gasteiger partial charge is 0.484 e. The zero-order valence-electron chi connectivity index (χ0n) is 15.3. The summed E-state index contributed by atoms with van der Waals surface area (Å²) in [6.07, 6.45) is 0. The molecule has 0 aliphatic carbocycles. The highest BCUT2D eigenvalue weighted by molar-refractivity contribution is 7.15. The molecular formula is C21H18ClNO4S. The predicted molar refractivity (Wildman–Crippen MR) is 111 cm³/mol. The number of benzene rings is 2. The summed E-state index contributed by atoms with van der Waals surface area (Å²) in [5.41, 5.74) is 2.88. The van der Waals surface area contributed by atoms with Crippen LogP contribution in [0.4, 0.5) is 5.00 Å². The number of methoxy groups -OCH3 is 1. The van der Waals surface area contributed by atoms with E-state index in [0.717, 1.165) is 11.1 Å². The molecule has 7 heteroatoms. The average molecular weight is 416 g/mol. The van der Waals surface area contributed by atoms with Crippen LogP contribution in [0.15, 0.2) is 53.9 Å². The molecule has 0 fully saturated rings. The molecule has 0 bridgehead atoms. The van der Waals surface area contributed by atoms with Gasteiger partial charge in [0.1, 0.15) is 16.3 Å². The Hall–Kier alpha value is -2.83. The van der Waals surface area contributed by atoms with E-state index in [4.69, 9.17) is 21.1 Å². The Morgan fingerprint density at radius 2 is 1.75 bits per heavy atom. The van der Waals surface area contributed by atoms with Gasteiger partial charge < -0.3 is 14.8 Å². The number of rotatable bonds is 6. The predicted octanol–water partition coefficient (Wildman–Crippen LogP) is 5.18. The van der Waals surface area contributed by atoms with Crippen LogP contribution in [0.2, 0.25) is 5.02 Å². The Kier molecular flexibility index (Phi) is 6.34. The summed E-state index contributed by atoms with van der Waals surface area (Å²) in [6.45, 7) is 1.80. The number of thiophene rings is 1. The number of anilines is 1. The fourth-order valence-electron chi connectivity index (χ4n) is 2.54. The molecule has 0 spiro atoms. The van der Waals surface area contributed by atoms with Crippen LogP contribution in [0.3, 0.4) is 0 Å². The van der Waals surface area contributed by atoms with E-state index >= 15 is 0 Å². The van der Waals surface area contributed by atoms with E-state index in [1.54, 1.807) is 29.6 Å². The molecule has 1 aromatic heterocycles. The third-order valence-electron chi connectivity index (χ3n) is 3.98. The van der Waals surface area contributed by atoms with E-state index < -0.39 is 5.97 Å². The van der Waals surface area contributed by atoms with Crippen molar-refractivity contribution < 1.29 is 19.1 Å². The molecule has 0 radical (unpaired) electrons. The van der Waals surface area contributed by atoms with Gasteiger partial charge in [-0.3, -0.25) is 4.79 Å². The van der Waals surface area contributed by atoms with Gasteiger partial charge in [0.2, 0.25) is 0 Å². The Morgan fingerprint density at radius 3 is 2.39 bits per heavy atom. The number of amides is 1. The standard InChI is InChI=1S/C21H18ClNO4S/c1-13-3-9-16(10-4-13)27-11-18(24)23-20-19(21(25)26-2)17(12-28-20)14-5-7-15(22)8-6-14/h3-10,12H,11H2,1-2H3,(H,23,24). The molecule has 0 atom stereocenters. The van der Waals surface area contributed by atoms with Crippen molar-refractivity contribution in [3.8, 4) is 16.9 Å². The zero-order chi connectivity index (χ0) is 20.1. The first kappa shape index (κ1) is 19.9. The van der Waals surface area contributed by atoms with Gasteiger partial charge >= 0.3 is 5.97 Å². The van der Waals surface area contributed by atoms with Crippen molar-refractivity contribution in [3.63, 3.8) is 0 Å². The molecule has 1 amide bonds. The molecule has 144 valence electrons. The van der Waals surface area contributed by atoms with Crippen molar-refractivity contribution >= 4 is 39.8 Å². The molecule has 28 heavy (non-hydrogen) atoms. The number of esters is 1. The Balaban J connectivity index is 1.77. The van der Waals surface area contributed by atoms with Crippen molar-refractivity contribution in [2.45, 2.75) is 6.92 Å². The van der Waals surface area contributed by atoms with Gasteiger partial charge in [-0.15, -0.1) is 11.3 Å². The fourth-order valence-corrected chi connectivity index (χ4v) is 3.64. The number of halogens is 1. The lowest BCUT2D eigenvalue weighted by Gasteiger charge is -2.09. The topological polar surface area (TPSA) is 64.6 Å². The van der Waals surface area contributed by atoms with Crippen LogP contribution in [0.1, 0.15) is 15.9 Å². The zero-order valence-corrected chi connectivity index (χ0v) is 16.9. The second-order valence-corrected chi connectivity index (χ2v) is 7.32. The number of ether oxygens (including phenoxy) is 2. The maximum absolute atomic E-state index is 12.3.